The molecular weight excluding hydrogens is 390 g/mol. The Bertz CT molecular complexity index is 1070. The van der Waals surface area contributed by atoms with Gasteiger partial charge in [0.05, 0.1) is 4.92 Å². The third-order valence-corrected chi connectivity index (χ3v) is 5.56. The molecule has 0 N–H and O–H groups in total. The number of hydrogen-bond acceptors (Lipinski definition) is 4. The molecule has 148 valence electrons. The van der Waals surface area contributed by atoms with Crippen molar-refractivity contribution in [3.63, 3.8) is 0 Å². The molecule has 1 heterocycles. The number of halogens is 1. The fraction of sp³-hybridized carbons (Fsp3) is 0.261. The highest BCUT2D eigenvalue weighted by atomic mass is 35.5. The van der Waals surface area contributed by atoms with Crippen molar-refractivity contribution in [2.24, 2.45) is 5.41 Å². The first kappa shape index (κ1) is 19.4. The molecule has 0 amide bonds. The summed E-state index contributed by atoms with van der Waals surface area (Å²) < 4.78 is 6.19. The minimum atomic E-state index is -0.423. The van der Waals surface area contributed by atoms with E-state index in [1.807, 2.05) is 38.1 Å². The predicted molar refractivity (Wildman–Crippen MR) is 111 cm³/mol. The Kier molecular flexibility index (Phi) is 4.79. The Hall–Kier alpha value is -2.92. The average Bonchev–Trinajstić information content (AvgIpc) is 2.66. The number of nitro benzene ring substituents is 1. The van der Waals surface area contributed by atoms with Crippen molar-refractivity contribution in [1.29, 1.82) is 0 Å². The summed E-state index contributed by atoms with van der Waals surface area (Å²) in [4.78, 5) is 23.9. The van der Waals surface area contributed by atoms with Crippen molar-refractivity contribution in [1.82, 2.24) is 0 Å². The molecule has 5 nitrogen and oxygen atoms in total. The number of allylic oxidation sites excluding steroid dienone is 3. The van der Waals surface area contributed by atoms with Crippen LogP contribution in [0.15, 0.2) is 65.9 Å². The van der Waals surface area contributed by atoms with E-state index in [1.165, 1.54) is 12.1 Å². The highest BCUT2D eigenvalue weighted by Gasteiger charge is 2.40. The number of ether oxygens (including phenoxy) is 1. The summed E-state index contributed by atoms with van der Waals surface area (Å²) in [6.45, 7) is 4.08. The molecule has 29 heavy (non-hydrogen) atoms. The van der Waals surface area contributed by atoms with Crippen LogP contribution >= 0.6 is 11.6 Å². The molecule has 6 heteroatoms. The standard InChI is InChI=1S/C23H20ClNO4/c1-23(2)12-19(26)22-18(15-4-3-5-17(10-15)25(27)28)11-20(29-21(22)13-23)14-6-8-16(24)9-7-14/h3-11,18H,12-13H2,1-2H3. The van der Waals surface area contributed by atoms with Gasteiger partial charge in [0.25, 0.3) is 5.69 Å². The van der Waals surface area contributed by atoms with Gasteiger partial charge in [-0.3, -0.25) is 14.9 Å². The molecule has 0 fully saturated rings. The Morgan fingerprint density at radius 1 is 1.14 bits per heavy atom. The zero-order chi connectivity index (χ0) is 20.8. The number of ketones is 1. The van der Waals surface area contributed by atoms with Gasteiger partial charge >= 0.3 is 0 Å². The van der Waals surface area contributed by atoms with E-state index >= 15 is 0 Å². The Balaban J connectivity index is 1.85. The van der Waals surface area contributed by atoms with Crippen LogP contribution in [0.1, 0.15) is 43.7 Å². The van der Waals surface area contributed by atoms with Gasteiger partial charge in [-0.1, -0.05) is 37.6 Å². The first-order chi connectivity index (χ1) is 13.7. The van der Waals surface area contributed by atoms with Crippen LogP contribution in [0.25, 0.3) is 5.76 Å². The van der Waals surface area contributed by atoms with Gasteiger partial charge in [-0.15, -0.1) is 0 Å². The van der Waals surface area contributed by atoms with E-state index in [4.69, 9.17) is 16.3 Å². The molecule has 2 aromatic rings. The summed E-state index contributed by atoms with van der Waals surface area (Å²) in [5.41, 5.74) is 1.94. The normalized spacial score (nSPS) is 20.6. The third kappa shape index (κ3) is 3.83. The number of rotatable bonds is 3. The van der Waals surface area contributed by atoms with Crippen LogP contribution in [-0.2, 0) is 9.53 Å². The Morgan fingerprint density at radius 3 is 2.55 bits per heavy atom. The summed E-state index contributed by atoms with van der Waals surface area (Å²) in [7, 11) is 0. The smallest absolute Gasteiger partial charge is 0.269 e. The van der Waals surface area contributed by atoms with E-state index in [0.717, 1.165) is 5.56 Å². The third-order valence-electron chi connectivity index (χ3n) is 5.31. The number of non-ortho nitro benzene ring substituents is 1. The lowest BCUT2D eigenvalue weighted by Crippen LogP contribution is -2.30. The van der Waals surface area contributed by atoms with Crippen molar-refractivity contribution in [3.8, 4) is 0 Å². The molecule has 0 saturated heterocycles. The predicted octanol–water partition coefficient (Wildman–Crippen LogP) is 6.05. The molecule has 0 bridgehead atoms. The van der Waals surface area contributed by atoms with E-state index in [9.17, 15) is 14.9 Å². The molecule has 2 aliphatic rings. The number of Topliss-reactive ketones (excluding diaryl/α,β-unsaturated/α-hetero) is 1. The van der Waals surface area contributed by atoms with Crippen molar-refractivity contribution < 1.29 is 14.5 Å². The number of benzene rings is 2. The molecule has 1 aliphatic heterocycles. The lowest BCUT2D eigenvalue weighted by molar-refractivity contribution is -0.384. The van der Waals surface area contributed by atoms with Crippen LogP contribution in [0.4, 0.5) is 5.69 Å². The lowest BCUT2D eigenvalue weighted by Gasteiger charge is -2.37. The monoisotopic (exact) mass is 409 g/mol. The van der Waals surface area contributed by atoms with E-state index in [0.29, 0.717) is 40.5 Å². The lowest BCUT2D eigenvalue weighted by atomic mass is 9.71. The number of hydrogen-bond donors (Lipinski definition) is 0. The maximum atomic E-state index is 13.0. The second-order valence-electron chi connectivity index (χ2n) is 8.25. The van der Waals surface area contributed by atoms with Crippen LogP contribution in [0.2, 0.25) is 5.02 Å². The largest absolute Gasteiger partial charge is 0.461 e. The minimum absolute atomic E-state index is 0.00109. The molecule has 1 unspecified atom stereocenters. The summed E-state index contributed by atoms with van der Waals surface area (Å²) in [6.07, 6.45) is 2.92. The van der Waals surface area contributed by atoms with Crippen LogP contribution in [-0.4, -0.2) is 10.7 Å². The summed E-state index contributed by atoms with van der Waals surface area (Å²) in [5, 5.41) is 11.9. The summed E-state index contributed by atoms with van der Waals surface area (Å²) in [6, 6.07) is 13.7. The quantitative estimate of drug-likeness (QED) is 0.457. The van der Waals surface area contributed by atoms with Gasteiger partial charge in [0, 0.05) is 47.1 Å². The molecule has 0 radical (unpaired) electrons. The molecular formula is C23H20ClNO4. The fourth-order valence-electron chi connectivity index (χ4n) is 3.98. The van der Waals surface area contributed by atoms with Gasteiger partial charge in [-0.2, -0.15) is 0 Å². The second kappa shape index (κ2) is 7.16. The number of nitro groups is 1. The van der Waals surface area contributed by atoms with Gasteiger partial charge in [0.15, 0.2) is 5.78 Å². The molecule has 1 atom stereocenters. The molecule has 0 saturated carbocycles. The molecule has 2 aromatic carbocycles. The van der Waals surface area contributed by atoms with Gasteiger partial charge in [-0.05, 0) is 41.3 Å². The zero-order valence-corrected chi connectivity index (χ0v) is 16.9. The highest BCUT2D eigenvalue weighted by molar-refractivity contribution is 6.30. The van der Waals surface area contributed by atoms with Crippen LogP contribution in [0, 0.1) is 15.5 Å². The van der Waals surface area contributed by atoms with Crippen LogP contribution in [0.5, 0.6) is 0 Å². The first-order valence-corrected chi connectivity index (χ1v) is 9.77. The number of carbonyl (C=O) groups is 1. The van der Waals surface area contributed by atoms with E-state index < -0.39 is 10.8 Å². The van der Waals surface area contributed by atoms with Crippen molar-refractivity contribution in [3.05, 3.63) is 92.2 Å². The summed E-state index contributed by atoms with van der Waals surface area (Å²) >= 11 is 6.01. The Morgan fingerprint density at radius 2 is 1.86 bits per heavy atom. The Labute approximate surface area is 173 Å². The first-order valence-electron chi connectivity index (χ1n) is 9.40. The SMILES string of the molecule is CC1(C)CC(=O)C2=C(C1)OC(c1ccc(Cl)cc1)=CC2c1cccc([N+](=O)[O-])c1. The molecule has 0 spiro atoms. The molecule has 1 aliphatic carbocycles. The molecule has 0 aromatic heterocycles. The minimum Gasteiger partial charge on any atom is -0.461 e. The van der Waals surface area contributed by atoms with Crippen LogP contribution in [0.3, 0.4) is 0 Å². The van der Waals surface area contributed by atoms with Gasteiger partial charge in [0.2, 0.25) is 0 Å². The number of carbonyl (C=O) groups excluding carboxylic acids is 1. The maximum Gasteiger partial charge on any atom is 0.269 e. The zero-order valence-electron chi connectivity index (χ0n) is 16.1. The topological polar surface area (TPSA) is 69.4 Å². The maximum absolute atomic E-state index is 13.0. The van der Waals surface area contributed by atoms with Gasteiger partial charge < -0.3 is 4.74 Å². The van der Waals surface area contributed by atoms with Gasteiger partial charge in [-0.25, -0.2) is 0 Å². The average molecular weight is 410 g/mol. The van der Waals surface area contributed by atoms with Crippen LogP contribution < -0.4 is 0 Å². The van der Waals surface area contributed by atoms with Crippen molar-refractivity contribution in [2.45, 2.75) is 32.6 Å². The van der Waals surface area contributed by atoms with Crippen molar-refractivity contribution in [2.75, 3.05) is 0 Å². The van der Waals surface area contributed by atoms with Crippen molar-refractivity contribution >= 4 is 28.8 Å². The number of nitrogens with zero attached hydrogens (tertiary/aromatic N) is 1. The molecule has 4 rings (SSSR count). The van der Waals surface area contributed by atoms with E-state index in [1.54, 1.807) is 18.2 Å². The van der Waals surface area contributed by atoms with E-state index in [2.05, 4.69) is 0 Å². The fourth-order valence-corrected chi connectivity index (χ4v) is 4.11. The van der Waals surface area contributed by atoms with E-state index in [-0.39, 0.29) is 16.9 Å². The van der Waals surface area contributed by atoms with Gasteiger partial charge in [0.1, 0.15) is 11.5 Å². The summed E-state index contributed by atoms with van der Waals surface area (Å²) in [5.74, 6) is 0.907. The highest BCUT2D eigenvalue weighted by Crippen LogP contribution is 2.47. The second-order valence-corrected chi connectivity index (χ2v) is 8.68.